The number of β-amino-alcohol motifs (C(OH)–C–C–N with tert-alkyl or cyclic N) is 1. The number of hydrogen-bond acceptors (Lipinski definition) is 6. The van der Waals surface area contributed by atoms with Gasteiger partial charge < -0.3 is 25.6 Å². The zero-order valence-electron chi connectivity index (χ0n) is 16.0. The van der Waals surface area contributed by atoms with Gasteiger partial charge in [-0.25, -0.2) is 4.98 Å². The molecule has 1 fully saturated rings. The van der Waals surface area contributed by atoms with Gasteiger partial charge in [-0.2, -0.15) is 0 Å². The largest absolute Gasteiger partial charge is 0.438 e. The molecule has 29 heavy (non-hydrogen) atoms. The van der Waals surface area contributed by atoms with E-state index in [0.29, 0.717) is 5.75 Å². The van der Waals surface area contributed by atoms with Crippen LogP contribution in [0.1, 0.15) is 28.0 Å². The van der Waals surface area contributed by atoms with Crippen LogP contribution in [0.15, 0.2) is 49.1 Å². The van der Waals surface area contributed by atoms with Crippen molar-refractivity contribution in [3.05, 3.63) is 65.9 Å². The van der Waals surface area contributed by atoms with Crippen molar-refractivity contribution in [3.8, 4) is 11.6 Å². The van der Waals surface area contributed by atoms with Gasteiger partial charge in [0, 0.05) is 13.0 Å². The molecule has 0 bridgehead atoms. The Kier molecular flexibility index (Phi) is 5.67. The average molecular weight is 397 g/mol. The normalized spacial score (nSPS) is 21.5. The summed E-state index contributed by atoms with van der Waals surface area (Å²) in [6, 6.07) is 9.95. The molecule has 2 amide bonds. The lowest BCUT2D eigenvalue weighted by molar-refractivity contribution is -0.148. The molecule has 4 N–H and O–H groups in total. The van der Waals surface area contributed by atoms with Crippen molar-refractivity contribution in [3.63, 3.8) is 0 Å². The van der Waals surface area contributed by atoms with Gasteiger partial charge in [-0.1, -0.05) is 24.3 Å². The minimum absolute atomic E-state index is 0.0479. The number of aryl methyl sites for hydroxylation is 1. The van der Waals surface area contributed by atoms with Crippen molar-refractivity contribution in [1.29, 1.82) is 0 Å². The lowest BCUT2D eigenvalue weighted by Crippen LogP contribution is -2.55. The van der Waals surface area contributed by atoms with Gasteiger partial charge >= 0.3 is 0 Å². The predicted octanol–water partition coefficient (Wildman–Crippen LogP) is 1.25. The third-order valence-electron chi connectivity index (χ3n) is 5.00. The van der Waals surface area contributed by atoms with Crippen LogP contribution in [-0.4, -0.2) is 51.1 Å². The first kappa shape index (κ1) is 20.5. The summed E-state index contributed by atoms with van der Waals surface area (Å²) in [5, 5.41) is 21.6. The summed E-state index contributed by atoms with van der Waals surface area (Å²) in [5.41, 5.74) is 4.92. The van der Waals surface area contributed by atoms with Gasteiger partial charge in [-0.15, -0.1) is 0 Å². The second kappa shape index (κ2) is 8.02. The second-order valence-corrected chi connectivity index (χ2v) is 7.01. The molecule has 152 valence electrons. The number of nitrogens with two attached hydrogens (primary N) is 1. The highest BCUT2D eigenvalue weighted by molar-refractivity contribution is 5.95. The standard InChI is InChI=1S/C21H23N3O5/c1-3-18(26)24-11-10-21(28,17(25)12-24)16-9-8-15(19(22)27)20(23-16)29-14-6-4-13(2)5-7-14/h3-9,17,25,28H,1,10-12H2,2H3,(H2,22,27). The number of carbonyl (C=O) groups excluding carboxylic acids is 2. The molecule has 2 atom stereocenters. The number of ether oxygens (including phenoxy) is 1. The van der Waals surface area contributed by atoms with E-state index in [1.165, 1.54) is 17.0 Å². The molecule has 2 heterocycles. The van der Waals surface area contributed by atoms with Gasteiger partial charge in [-0.3, -0.25) is 9.59 Å². The van der Waals surface area contributed by atoms with Gasteiger partial charge in [0.05, 0.1) is 12.2 Å². The van der Waals surface area contributed by atoms with Crippen LogP contribution in [0, 0.1) is 6.92 Å². The first-order valence-corrected chi connectivity index (χ1v) is 9.12. The van der Waals surface area contributed by atoms with E-state index < -0.39 is 17.6 Å². The lowest BCUT2D eigenvalue weighted by Gasteiger charge is -2.41. The Morgan fingerprint density at radius 2 is 2.00 bits per heavy atom. The molecule has 1 aliphatic heterocycles. The fourth-order valence-corrected chi connectivity index (χ4v) is 3.22. The summed E-state index contributed by atoms with van der Waals surface area (Å²) in [6.07, 6.45) is -0.0650. The smallest absolute Gasteiger partial charge is 0.254 e. The molecule has 0 saturated carbocycles. The van der Waals surface area contributed by atoms with Crippen LogP contribution in [0.4, 0.5) is 0 Å². The molecule has 8 nitrogen and oxygen atoms in total. The Morgan fingerprint density at radius 3 is 2.59 bits per heavy atom. The molecule has 1 saturated heterocycles. The molecule has 2 aromatic rings. The number of amides is 2. The van der Waals surface area contributed by atoms with Crippen LogP contribution in [0.3, 0.4) is 0 Å². The summed E-state index contributed by atoms with van der Waals surface area (Å²) < 4.78 is 5.73. The van der Waals surface area contributed by atoms with E-state index in [1.807, 2.05) is 19.1 Å². The number of piperidine rings is 1. The predicted molar refractivity (Wildman–Crippen MR) is 105 cm³/mol. The lowest BCUT2D eigenvalue weighted by atomic mass is 9.85. The van der Waals surface area contributed by atoms with Crippen LogP contribution in [0.5, 0.6) is 11.6 Å². The van der Waals surface area contributed by atoms with Crippen molar-refractivity contribution in [2.75, 3.05) is 13.1 Å². The summed E-state index contributed by atoms with van der Waals surface area (Å²) in [4.78, 5) is 29.3. The van der Waals surface area contributed by atoms with Gasteiger partial charge in [0.15, 0.2) is 0 Å². The number of hydrogen-bond donors (Lipinski definition) is 3. The maximum absolute atomic E-state index is 11.8. The molecule has 3 rings (SSSR count). The number of aromatic nitrogens is 1. The van der Waals surface area contributed by atoms with E-state index in [0.717, 1.165) is 11.6 Å². The van der Waals surface area contributed by atoms with E-state index in [4.69, 9.17) is 10.5 Å². The van der Waals surface area contributed by atoms with Crippen LogP contribution in [-0.2, 0) is 10.4 Å². The molecular formula is C21H23N3O5. The Labute approximate surface area is 168 Å². The minimum atomic E-state index is -1.71. The van der Waals surface area contributed by atoms with Gasteiger partial charge in [0.25, 0.3) is 5.91 Å². The monoisotopic (exact) mass is 397 g/mol. The van der Waals surface area contributed by atoms with Crippen molar-refractivity contribution in [2.45, 2.75) is 25.0 Å². The van der Waals surface area contributed by atoms with Crippen LogP contribution >= 0.6 is 0 Å². The van der Waals surface area contributed by atoms with Gasteiger partial charge in [-0.05, 0) is 37.3 Å². The highest BCUT2D eigenvalue weighted by Crippen LogP contribution is 2.35. The van der Waals surface area contributed by atoms with Crippen LogP contribution in [0.2, 0.25) is 0 Å². The molecule has 0 aliphatic carbocycles. The van der Waals surface area contributed by atoms with Gasteiger partial charge in [0.1, 0.15) is 23.0 Å². The zero-order valence-corrected chi connectivity index (χ0v) is 16.0. The van der Waals surface area contributed by atoms with Crippen molar-refractivity contribution >= 4 is 11.8 Å². The highest BCUT2D eigenvalue weighted by Gasteiger charge is 2.44. The number of pyridine rings is 1. The third kappa shape index (κ3) is 4.13. The van der Waals surface area contributed by atoms with Crippen molar-refractivity contribution in [1.82, 2.24) is 9.88 Å². The number of aliphatic hydroxyl groups excluding tert-OH is 1. The number of aliphatic hydroxyl groups is 2. The maximum atomic E-state index is 11.8. The Hall–Kier alpha value is -3.23. The van der Waals surface area contributed by atoms with Crippen molar-refractivity contribution < 1.29 is 24.5 Å². The fraction of sp³-hybridized carbons (Fsp3) is 0.286. The van der Waals surface area contributed by atoms with Crippen molar-refractivity contribution in [2.24, 2.45) is 5.73 Å². The fourth-order valence-electron chi connectivity index (χ4n) is 3.22. The summed E-state index contributed by atoms with van der Waals surface area (Å²) in [6.45, 7) is 5.50. The van der Waals surface area contributed by atoms with E-state index in [1.54, 1.807) is 12.1 Å². The summed E-state index contributed by atoms with van der Waals surface area (Å²) in [5.74, 6) is -0.678. The topological polar surface area (TPSA) is 126 Å². The zero-order chi connectivity index (χ0) is 21.2. The second-order valence-electron chi connectivity index (χ2n) is 7.01. The molecular weight excluding hydrogens is 374 g/mol. The van der Waals surface area contributed by atoms with E-state index in [9.17, 15) is 19.8 Å². The molecule has 1 aliphatic rings. The number of nitrogens with zero attached hydrogens (tertiary/aromatic N) is 2. The Morgan fingerprint density at radius 1 is 1.31 bits per heavy atom. The summed E-state index contributed by atoms with van der Waals surface area (Å²) in [7, 11) is 0. The van der Waals surface area contributed by atoms with E-state index in [2.05, 4.69) is 11.6 Å². The molecule has 0 radical (unpaired) electrons. The number of carbonyl (C=O) groups is 2. The van der Waals surface area contributed by atoms with Gasteiger partial charge in [0.2, 0.25) is 11.8 Å². The number of rotatable bonds is 5. The first-order valence-electron chi connectivity index (χ1n) is 9.12. The molecule has 0 spiro atoms. The first-order chi connectivity index (χ1) is 13.7. The summed E-state index contributed by atoms with van der Waals surface area (Å²) >= 11 is 0. The quantitative estimate of drug-likeness (QED) is 0.652. The number of likely N-dealkylation sites (tertiary alicyclic amines) is 1. The van der Waals surface area contributed by atoms with Crippen LogP contribution in [0.25, 0.3) is 0 Å². The van der Waals surface area contributed by atoms with E-state index >= 15 is 0 Å². The number of primary amides is 1. The molecule has 1 aromatic carbocycles. The number of benzene rings is 1. The Bertz CT molecular complexity index is 944. The SMILES string of the molecule is C=CC(=O)N1CCC(O)(c2ccc(C(N)=O)c(Oc3ccc(C)cc3)n2)C(O)C1. The highest BCUT2D eigenvalue weighted by atomic mass is 16.5. The molecule has 1 aromatic heterocycles. The molecule has 8 heteroatoms. The average Bonchev–Trinajstić information content (AvgIpc) is 2.71. The maximum Gasteiger partial charge on any atom is 0.254 e. The molecule has 2 unspecified atom stereocenters. The van der Waals surface area contributed by atoms with Crippen LogP contribution < -0.4 is 10.5 Å². The third-order valence-corrected chi connectivity index (χ3v) is 5.00. The minimum Gasteiger partial charge on any atom is -0.438 e. The van der Waals surface area contributed by atoms with E-state index in [-0.39, 0.29) is 42.6 Å². The Balaban J connectivity index is 1.93.